The van der Waals surface area contributed by atoms with Crippen LogP contribution in [0.5, 0.6) is 17.2 Å². The van der Waals surface area contributed by atoms with E-state index in [9.17, 15) is 0 Å². The summed E-state index contributed by atoms with van der Waals surface area (Å²) in [5, 5.41) is 6.47. The summed E-state index contributed by atoms with van der Waals surface area (Å²) in [5.74, 6) is 2.64. The molecule has 0 saturated carbocycles. The highest BCUT2D eigenvalue weighted by Gasteiger charge is 2.14. The molecule has 2 aromatic rings. The molecule has 0 spiro atoms. The van der Waals surface area contributed by atoms with Gasteiger partial charge in [0.2, 0.25) is 5.75 Å². The van der Waals surface area contributed by atoms with Gasteiger partial charge in [-0.1, -0.05) is 0 Å². The van der Waals surface area contributed by atoms with Crippen molar-refractivity contribution in [2.24, 2.45) is 4.99 Å². The molecule has 27 heavy (non-hydrogen) atoms. The standard InChI is InChI=1S/C19H28N4O3S/c1-7-20-19(23(3)11-15-12-27-13(2)22-15)21-10-14-8-16(24-4)18(26-6)17(9-14)25-5/h8-9,12H,7,10-11H2,1-6H3,(H,20,21). The highest BCUT2D eigenvalue weighted by molar-refractivity contribution is 7.09. The van der Waals surface area contributed by atoms with Crippen LogP contribution in [0.2, 0.25) is 0 Å². The van der Waals surface area contributed by atoms with Gasteiger partial charge in [0, 0.05) is 19.0 Å². The lowest BCUT2D eigenvalue weighted by molar-refractivity contribution is 0.324. The Hall–Kier alpha value is -2.48. The molecule has 0 bridgehead atoms. The Kier molecular flexibility index (Phi) is 7.72. The fraction of sp³-hybridized carbons (Fsp3) is 0.474. The van der Waals surface area contributed by atoms with Crippen molar-refractivity contribution in [3.63, 3.8) is 0 Å². The molecular formula is C19H28N4O3S. The van der Waals surface area contributed by atoms with Crippen molar-refractivity contribution in [3.8, 4) is 17.2 Å². The van der Waals surface area contributed by atoms with Crippen LogP contribution in [-0.4, -0.2) is 50.8 Å². The van der Waals surface area contributed by atoms with Crippen LogP contribution < -0.4 is 19.5 Å². The van der Waals surface area contributed by atoms with Crippen molar-refractivity contribution in [3.05, 3.63) is 33.8 Å². The Morgan fingerprint density at radius 3 is 2.33 bits per heavy atom. The maximum absolute atomic E-state index is 5.42. The summed E-state index contributed by atoms with van der Waals surface area (Å²) in [6.45, 7) is 6.03. The Bertz CT molecular complexity index is 751. The number of thiazole rings is 1. The van der Waals surface area contributed by atoms with Crippen LogP contribution in [0.15, 0.2) is 22.5 Å². The molecule has 1 aromatic heterocycles. The highest BCUT2D eigenvalue weighted by Crippen LogP contribution is 2.38. The van der Waals surface area contributed by atoms with Crippen LogP contribution in [0.1, 0.15) is 23.2 Å². The number of aryl methyl sites for hydroxylation is 1. The molecule has 0 saturated heterocycles. The quantitative estimate of drug-likeness (QED) is 0.550. The zero-order chi connectivity index (χ0) is 19.8. The second kappa shape index (κ2) is 10.0. The van der Waals surface area contributed by atoms with E-state index >= 15 is 0 Å². The van der Waals surface area contributed by atoms with Gasteiger partial charge in [0.15, 0.2) is 17.5 Å². The van der Waals surface area contributed by atoms with E-state index in [0.717, 1.165) is 28.8 Å². The van der Waals surface area contributed by atoms with Crippen molar-refractivity contribution in [2.75, 3.05) is 34.9 Å². The topological polar surface area (TPSA) is 68.2 Å². The molecule has 1 N–H and O–H groups in total. The SMILES string of the molecule is CCNC(=NCc1cc(OC)c(OC)c(OC)c1)N(C)Cc1csc(C)n1. The van der Waals surface area contributed by atoms with E-state index in [0.29, 0.717) is 30.3 Å². The number of aromatic nitrogens is 1. The monoisotopic (exact) mass is 392 g/mol. The fourth-order valence-electron chi connectivity index (χ4n) is 2.66. The minimum absolute atomic E-state index is 0.486. The van der Waals surface area contributed by atoms with E-state index in [2.05, 4.69) is 27.5 Å². The number of ether oxygens (including phenoxy) is 3. The van der Waals surface area contributed by atoms with Crippen molar-refractivity contribution in [1.82, 2.24) is 15.2 Å². The third kappa shape index (κ3) is 5.50. The third-order valence-electron chi connectivity index (χ3n) is 3.90. The number of methoxy groups -OCH3 is 3. The van der Waals surface area contributed by atoms with E-state index in [4.69, 9.17) is 19.2 Å². The number of guanidine groups is 1. The molecule has 0 aliphatic carbocycles. The average molecular weight is 393 g/mol. The van der Waals surface area contributed by atoms with E-state index in [1.165, 1.54) is 0 Å². The number of nitrogens with one attached hydrogen (secondary N) is 1. The molecule has 0 amide bonds. The van der Waals surface area contributed by atoms with Crippen LogP contribution in [0.3, 0.4) is 0 Å². The zero-order valence-electron chi connectivity index (χ0n) is 16.8. The molecule has 0 aliphatic rings. The Morgan fingerprint density at radius 2 is 1.85 bits per heavy atom. The van der Waals surface area contributed by atoms with Crippen LogP contribution in [0.25, 0.3) is 0 Å². The number of hydrogen-bond donors (Lipinski definition) is 1. The lowest BCUT2D eigenvalue weighted by Crippen LogP contribution is -2.38. The van der Waals surface area contributed by atoms with Crippen molar-refractivity contribution in [1.29, 1.82) is 0 Å². The Balaban J connectivity index is 2.20. The first kappa shape index (κ1) is 20.8. The van der Waals surface area contributed by atoms with Gasteiger partial charge >= 0.3 is 0 Å². The van der Waals surface area contributed by atoms with Crippen LogP contribution in [0.4, 0.5) is 0 Å². The summed E-state index contributed by atoms with van der Waals surface area (Å²) in [6, 6.07) is 3.83. The van der Waals surface area contributed by atoms with Crippen LogP contribution in [-0.2, 0) is 13.1 Å². The summed E-state index contributed by atoms with van der Waals surface area (Å²) in [5.41, 5.74) is 2.01. The first-order valence-corrected chi connectivity index (χ1v) is 9.59. The molecule has 0 aliphatic heterocycles. The van der Waals surface area contributed by atoms with Crippen molar-refractivity contribution >= 4 is 17.3 Å². The van der Waals surface area contributed by atoms with Crippen LogP contribution in [0, 0.1) is 6.92 Å². The molecule has 0 unspecified atom stereocenters. The summed E-state index contributed by atoms with van der Waals surface area (Å²) in [6.07, 6.45) is 0. The lowest BCUT2D eigenvalue weighted by atomic mass is 10.2. The summed E-state index contributed by atoms with van der Waals surface area (Å²) in [7, 11) is 6.82. The molecule has 1 heterocycles. The summed E-state index contributed by atoms with van der Waals surface area (Å²) in [4.78, 5) is 11.3. The first-order valence-electron chi connectivity index (χ1n) is 8.71. The maximum atomic E-state index is 5.42. The number of rotatable bonds is 8. The molecule has 8 heteroatoms. The van der Waals surface area contributed by atoms with Gasteiger partial charge in [-0.05, 0) is 31.5 Å². The lowest BCUT2D eigenvalue weighted by Gasteiger charge is -2.21. The first-order chi connectivity index (χ1) is 13.0. The van der Waals surface area contributed by atoms with E-state index in [1.807, 2.05) is 26.1 Å². The molecule has 148 valence electrons. The Labute approximate surface area is 165 Å². The molecule has 0 atom stereocenters. The van der Waals surface area contributed by atoms with Gasteiger partial charge in [-0.15, -0.1) is 11.3 Å². The predicted octanol–water partition coefficient (Wildman–Crippen LogP) is 3.07. The molecule has 0 radical (unpaired) electrons. The molecule has 2 rings (SSSR count). The second-order valence-corrected chi connectivity index (χ2v) is 6.98. The fourth-order valence-corrected chi connectivity index (χ4v) is 3.27. The minimum atomic E-state index is 0.486. The molecular weight excluding hydrogens is 364 g/mol. The number of benzene rings is 1. The van der Waals surface area contributed by atoms with E-state index in [-0.39, 0.29) is 0 Å². The normalized spacial score (nSPS) is 11.3. The van der Waals surface area contributed by atoms with Gasteiger partial charge in [0.05, 0.1) is 45.1 Å². The average Bonchev–Trinajstić information content (AvgIpc) is 3.08. The highest BCUT2D eigenvalue weighted by atomic mass is 32.1. The number of nitrogens with zero attached hydrogens (tertiary/aromatic N) is 3. The Morgan fingerprint density at radius 1 is 1.19 bits per heavy atom. The summed E-state index contributed by atoms with van der Waals surface area (Å²) >= 11 is 1.66. The van der Waals surface area contributed by atoms with Gasteiger partial charge in [-0.25, -0.2) is 9.98 Å². The predicted molar refractivity (Wildman–Crippen MR) is 109 cm³/mol. The van der Waals surface area contributed by atoms with Crippen molar-refractivity contribution in [2.45, 2.75) is 26.9 Å². The second-order valence-electron chi connectivity index (χ2n) is 5.92. The van der Waals surface area contributed by atoms with E-state index in [1.54, 1.807) is 32.7 Å². The number of aliphatic imine (C=N–C) groups is 1. The molecule has 1 aromatic carbocycles. The molecule has 7 nitrogen and oxygen atoms in total. The maximum Gasteiger partial charge on any atom is 0.203 e. The summed E-state index contributed by atoms with van der Waals surface area (Å²) < 4.78 is 16.2. The van der Waals surface area contributed by atoms with Gasteiger partial charge in [-0.2, -0.15) is 0 Å². The van der Waals surface area contributed by atoms with Gasteiger partial charge in [-0.3, -0.25) is 0 Å². The zero-order valence-corrected chi connectivity index (χ0v) is 17.6. The smallest absolute Gasteiger partial charge is 0.203 e. The van der Waals surface area contributed by atoms with Gasteiger partial charge in [0.25, 0.3) is 0 Å². The number of hydrogen-bond acceptors (Lipinski definition) is 6. The van der Waals surface area contributed by atoms with Crippen LogP contribution >= 0.6 is 11.3 Å². The minimum Gasteiger partial charge on any atom is -0.493 e. The largest absolute Gasteiger partial charge is 0.493 e. The van der Waals surface area contributed by atoms with E-state index < -0.39 is 0 Å². The van der Waals surface area contributed by atoms with Gasteiger partial charge < -0.3 is 24.4 Å². The van der Waals surface area contributed by atoms with Crippen molar-refractivity contribution < 1.29 is 14.2 Å². The third-order valence-corrected chi connectivity index (χ3v) is 4.72. The van der Waals surface area contributed by atoms with Gasteiger partial charge in [0.1, 0.15) is 0 Å². The molecule has 0 fully saturated rings.